The maximum atomic E-state index is 13.1. The highest BCUT2D eigenvalue weighted by Crippen LogP contribution is 2.33. The standard InChI is InChI=1S/C21H27ClN2O5/c1-27-20(28-2)12-23-19(25)13-24-16-8-3-4-9-17(16)29-18(21(24)26)11-14-6-5-7-15(22)10-14/h5-7,10-11,16-17,20H,3-4,8-9,12-13H2,1-2H3,(H,23,25)/b18-11+. The molecule has 158 valence electrons. The Balaban J connectivity index is 1.76. The Morgan fingerprint density at radius 3 is 2.83 bits per heavy atom. The van der Waals surface area contributed by atoms with Crippen LogP contribution in [0.25, 0.3) is 6.08 Å². The molecule has 1 heterocycles. The van der Waals surface area contributed by atoms with E-state index in [-0.39, 0.29) is 42.8 Å². The second-order valence-electron chi connectivity index (χ2n) is 7.21. The Morgan fingerprint density at radius 1 is 1.34 bits per heavy atom. The summed E-state index contributed by atoms with van der Waals surface area (Å²) < 4.78 is 16.2. The highest BCUT2D eigenvalue weighted by atomic mass is 35.5. The molecule has 2 fully saturated rings. The van der Waals surface area contributed by atoms with Crippen LogP contribution in [0.5, 0.6) is 0 Å². The fourth-order valence-electron chi connectivity index (χ4n) is 3.78. The molecule has 2 amide bonds. The lowest BCUT2D eigenvalue weighted by atomic mass is 9.89. The number of morpholine rings is 1. The summed E-state index contributed by atoms with van der Waals surface area (Å²) >= 11 is 6.05. The highest BCUT2D eigenvalue weighted by molar-refractivity contribution is 6.30. The zero-order valence-electron chi connectivity index (χ0n) is 16.7. The van der Waals surface area contributed by atoms with Gasteiger partial charge in [-0.05, 0) is 43.0 Å². The monoisotopic (exact) mass is 422 g/mol. The van der Waals surface area contributed by atoms with Gasteiger partial charge in [0.25, 0.3) is 5.91 Å². The first kappa shape index (κ1) is 21.6. The van der Waals surface area contributed by atoms with Crippen LogP contribution in [0.15, 0.2) is 30.0 Å². The van der Waals surface area contributed by atoms with E-state index in [1.165, 1.54) is 14.2 Å². The van der Waals surface area contributed by atoms with Gasteiger partial charge in [0.2, 0.25) is 5.91 Å². The molecule has 1 aliphatic heterocycles. The number of fused-ring (bicyclic) bond motifs is 1. The summed E-state index contributed by atoms with van der Waals surface area (Å²) in [5.74, 6) is -0.293. The number of halogens is 1. The lowest BCUT2D eigenvalue weighted by Crippen LogP contribution is -2.57. The van der Waals surface area contributed by atoms with E-state index < -0.39 is 6.29 Å². The van der Waals surface area contributed by atoms with Crippen molar-refractivity contribution in [2.24, 2.45) is 0 Å². The van der Waals surface area contributed by atoms with Gasteiger partial charge in [-0.3, -0.25) is 9.59 Å². The fraction of sp³-hybridized carbons (Fsp3) is 0.524. The smallest absolute Gasteiger partial charge is 0.289 e. The number of methoxy groups -OCH3 is 2. The van der Waals surface area contributed by atoms with E-state index in [9.17, 15) is 9.59 Å². The summed E-state index contributed by atoms with van der Waals surface area (Å²) in [6.45, 7) is 0.181. The third kappa shape index (κ3) is 5.50. The molecule has 7 nitrogen and oxygen atoms in total. The largest absolute Gasteiger partial charge is 0.482 e. The van der Waals surface area contributed by atoms with E-state index in [1.54, 1.807) is 23.1 Å². The number of ether oxygens (including phenoxy) is 3. The molecule has 1 aromatic rings. The van der Waals surface area contributed by atoms with Gasteiger partial charge < -0.3 is 24.4 Å². The van der Waals surface area contributed by atoms with E-state index in [1.807, 2.05) is 12.1 Å². The van der Waals surface area contributed by atoms with Crippen molar-refractivity contribution < 1.29 is 23.8 Å². The van der Waals surface area contributed by atoms with Gasteiger partial charge in [-0.15, -0.1) is 0 Å². The SMILES string of the molecule is COC(CNC(=O)CN1C(=O)/C(=C\c2cccc(Cl)c2)OC2CCCCC21)OC. The van der Waals surface area contributed by atoms with E-state index in [2.05, 4.69) is 5.32 Å². The Bertz CT molecular complexity index is 765. The van der Waals surface area contributed by atoms with Crippen molar-refractivity contribution in [3.8, 4) is 0 Å². The maximum absolute atomic E-state index is 13.1. The average Bonchev–Trinajstić information content (AvgIpc) is 2.72. The van der Waals surface area contributed by atoms with Crippen LogP contribution in [-0.2, 0) is 23.8 Å². The van der Waals surface area contributed by atoms with Crippen molar-refractivity contribution in [3.05, 3.63) is 40.6 Å². The molecule has 1 aliphatic carbocycles. The number of carbonyl (C=O) groups excluding carboxylic acids is 2. The lowest BCUT2D eigenvalue weighted by molar-refractivity contribution is -0.152. The quantitative estimate of drug-likeness (QED) is 0.540. The van der Waals surface area contributed by atoms with Crippen LogP contribution in [0.3, 0.4) is 0 Å². The first-order valence-electron chi connectivity index (χ1n) is 9.79. The molecule has 8 heteroatoms. The first-order chi connectivity index (χ1) is 14.0. The van der Waals surface area contributed by atoms with Gasteiger partial charge >= 0.3 is 0 Å². The molecule has 3 rings (SSSR count). The molecule has 2 unspecified atom stereocenters. The van der Waals surface area contributed by atoms with E-state index in [0.717, 1.165) is 31.2 Å². The van der Waals surface area contributed by atoms with Crippen LogP contribution in [0.2, 0.25) is 5.02 Å². The normalized spacial score (nSPS) is 23.1. The van der Waals surface area contributed by atoms with Crippen molar-refractivity contribution in [3.63, 3.8) is 0 Å². The van der Waals surface area contributed by atoms with Gasteiger partial charge in [0.05, 0.1) is 12.6 Å². The fourth-order valence-corrected chi connectivity index (χ4v) is 3.98. The number of hydrogen-bond donors (Lipinski definition) is 1. The highest BCUT2D eigenvalue weighted by Gasteiger charge is 2.42. The topological polar surface area (TPSA) is 77.1 Å². The van der Waals surface area contributed by atoms with Crippen LogP contribution in [0.1, 0.15) is 31.2 Å². The van der Waals surface area contributed by atoms with Crippen molar-refractivity contribution in [1.82, 2.24) is 10.2 Å². The first-order valence-corrected chi connectivity index (χ1v) is 10.2. The van der Waals surface area contributed by atoms with Gasteiger partial charge in [0.1, 0.15) is 12.6 Å². The predicted molar refractivity (Wildman–Crippen MR) is 109 cm³/mol. The maximum Gasteiger partial charge on any atom is 0.289 e. The molecular weight excluding hydrogens is 396 g/mol. The van der Waals surface area contributed by atoms with E-state index in [0.29, 0.717) is 5.02 Å². The van der Waals surface area contributed by atoms with Crippen molar-refractivity contribution >= 4 is 29.5 Å². The van der Waals surface area contributed by atoms with Crippen molar-refractivity contribution in [2.75, 3.05) is 27.3 Å². The summed E-state index contributed by atoms with van der Waals surface area (Å²) in [5, 5.41) is 3.34. The number of rotatable bonds is 7. The molecule has 1 saturated carbocycles. The van der Waals surface area contributed by atoms with Crippen molar-refractivity contribution in [2.45, 2.75) is 44.1 Å². The summed E-state index contributed by atoms with van der Waals surface area (Å²) in [6, 6.07) is 7.12. The molecule has 0 spiro atoms. The minimum absolute atomic E-state index is 0.0314. The number of nitrogens with zero attached hydrogens (tertiary/aromatic N) is 1. The third-order valence-electron chi connectivity index (χ3n) is 5.27. The minimum atomic E-state index is -0.528. The Hall–Kier alpha value is -2.09. The second kappa shape index (κ2) is 10.1. The summed E-state index contributed by atoms with van der Waals surface area (Å²) in [6.07, 6.45) is 4.80. The molecule has 1 saturated heterocycles. The number of carbonyl (C=O) groups is 2. The van der Waals surface area contributed by atoms with E-state index in [4.69, 9.17) is 25.8 Å². The molecule has 0 radical (unpaired) electrons. The van der Waals surface area contributed by atoms with Crippen LogP contribution in [0, 0.1) is 0 Å². The van der Waals surface area contributed by atoms with Gasteiger partial charge in [-0.25, -0.2) is 0 Å². The lowest BCUT2D eigenvalue weighted by Gasteiger charge is -2.44. The molecule has 2 atom stereocenters. The average molecular weight is 423 g/mol. The molecule has 29 heavy (non-hydrogen) atoms. The number of nitrogens with one attached hydrogen (secondary N) is 1. The zero-order valence-corrected chi connectivity index (χ0v) is 17.5. The Morgan fingerprint density at radius 2 is 2.10 bits per heavy atom. The summed E-state index contributed by atoms with van der Waals surface area (Å²) in [5.41, 5.74) is 0.780. The third-order valence-corrected chi connectivity index (χ3v) is 5.51. The summed E-state index contributed by atoms with van der Waals surface area (Å²) in [7, 11) is 3.01. The Kier molecular flexibility index (Phi) is 7.52. The number of hydrogen-bond acceptors (Lipinski definition) is 5. The molecular formula is C21H27ClN2O5. The van der Waals surface area contributed by atoms with Crippen LogP contribution >= 0.6 is 11.6 Å². The minimum Gasteiger partial charge on any atom is -0.482 e. The van der Waals surface area contributed by atoms with Crippen LogP contribution < -0.4 is 5.32 Å². The van der Waals surface area contributed by atoms with Gasteiger partial charge in [0.15, 0.2) is 12.0 Å². The molecule has 0 bridgehead atoms. The van der Waals surface area contributed by atoms with Gasteiger partial charge in [0, 0.05) is 19.2 Å². The number of amides is 2. The molecule has 0 aromatic heterocycles. The summed E-state index contributed by atoms with van der Waals surface area (Å²) in [4.78, 5) is 27.2. The number of benzene rings is 1. The molecule has 1 N–H and O–H groups in total. The molecule has 1 aromatic carbocycles. The molecule has 2 aliphatic rings. The van der Waals surface area contributed by atoms with Gasteiger partial charge in [-0.2, -0.15) is 0 Å². The van der Waals surface area contributed by atoms with Crippen LogP contribution in [0.4, 0.5) is 0 Å². The van der Waals surface area contributed by atoms with E-state index >= 15 is 0 Å². The van der Waals surface area contributed by atoms with Gasteiger partial charge in [-0.1, -0.05) is 30.2 Å². The predicted octanol–water partition coefficient (Wildman–Crippen LogP) is 2.59. The zero-order chi connectivity index (χ0) is 20.8. The van der Waals surface area contributed by atoms with Crippen LogP contribution in [-0.4, -0.2) is 62.5 Å². The Labute approximate surface area is 175 Å². The second-order valence-corrected chi connectivity index (χ2v) is 7.65. The van der Waals surface area contributed by atoms with Crippen molar-refractivity contribution in [1.29, 1.82) is 0 Å².